The summed E-state index contributed by atoms with van der Waals surface area (Å²) in [5, 5.41) is 5.13. The molecular weight excluding hydrogens is 505 g/mol. The Kier molecular flexibility index (Phi) is 9.01. The van der Waals surface area contributed by atoms with E-state index in [-0.39, 0.29) is 30.5 Å². The summed E-state index contributed by atoms with van der Waals surface area (Å²) in [6, 6.07) is 14.7. The first-order valence-corrected chi connectivity index (χ1v) is 11.1. The molecule has 0 unspecified atom stereocenters. The molecule has 3 aromatic rings. The van der Waals surface area contributed by atoms with E-state index in [2.05, 4.69) is 15.4 Å². The van der Waals surface area contributed by atoms with Crippen LogP contribution < -0.4 is 15.4 Å². The Morgan fingerprint density at radius 1 is 0.892 bits per heavy atom. The van der Waals surface area contributed by atoms with Crippen LogP contribution in [0.3, 0.4) is 0 Å². The van der Waals surface area contributed by atoms with Gasteiger partial charge in [0.1, 0.15) is 17.4 Å². The second-order valence-corrected chi connectivity index (χ2v) is 8.14. The van der Waals surface area contributed by atoms with Gasteiger partial charge in [-0.3, -0.25) is 4.39 Å². The Morgan fingerprint density at radius 2 is 1.57 bits per heavy atom. The molecule has 3 aromatic carbocycles. The van der Waals surface area contributed by atoms with Gasteiger partial charge in [0, 0.05) is 19.0 Å². The number of carbonyl (C=O) groups is 1. The van der Waals surface area contributed by atoms with Gasteiger partial charge in [0.2, 0.25) is 0 Å². The highest BCUT2D eigenvalue weighted by molar-refractivity contribution is 5.76. The normalized spacial score (nSPS) is 13.2. The fraction of sp³-hybridized carbons (Fsp3) is 0.269. The van der Waals surface area contributed by atoms with E-state index < -0.39 is 48.2 Å². The van der Waals surface area contributed by atoms with E-state index in [4.69, 9.17) is 0 Å². The number of amides is 2. The molecule has 0 aromatic heterocycles. The molecule has 37 heavy (non-hydrogen) atoms. The van der Waals surface area contributed by atoms with Gasteiger partial charge in [0.25, 0.3) is 0 Å². The zero-order valence-electron chi connectivity index (χ0n) is 19.3. The number of halogens is 7. The third kappa shape index (κ3) is 7.14. The molecule has 0 saturated heterocycles. The highest BCUT2D eigenvalue weighted by atomic mass is 19.3. The molecule has 2 N–H and O–H groups in total. The van der Waals surface area contributed by atoms with Crippen molar-refractivity contribution in [2.75, 3.05) is 13.2 Å². The molecule has 0 radical (unpaired) electrons. The van der Waals surface area contributed by atoms with Crippen molar-refractivity contribution in [2.45, 2.75) is 30.9 Å². The second-order valence-electron chi connectivity index (χ2n) is 8.14. The minimum Gasteiger partial charge on any atom is -0.428 e. The zero-order valence-corrected chi connectivity index (χ0v) is 19.3. The van der Waals surface area contributed by atoms with Gasteiger partial charge in [-0.25, -0.2) is 13.6 Å². The predicted molar refractivity (Wildman–Crippen MR) is 122 cm³/mol. The number of benzene rings is 3. The lowest BCUT2D eigenvalue weighted by atomic mass is 9.77. The van der Waals surface area contributed by atoms with Gasteiger partial charge in [-0.15, -0.1) is 0 Å². The Morgan fingerprint density at radius 3 is 2.19 bits per heavy atom. The Labute approximate surface area is 208 Å². The van der Waals surface area contributed by atoms with Crippen molar-refractivity contribution in [1.29, 1.82) is 0 Å². The van der Waals surface area contributed by atoms with Gasteiger partial charge in [0.15, 0.2) is 0 Å². The maximum atomic E-state index is 14.7. The molecular formula is C26H23F7N2O2. The number of rotatable bonds is 11. The molecule has 0 heterocycles. The average molecular weight is 528 g/mol. The van der Waals surface area contributed by atoms with E-state index in [1.807, 2.05) is 0 Å². The molecule has 198 valence electrons. The van der Waals surface area contributed by atoms with E-state index in [1.165, 1.54) is 12.1 Å². The quantitative estimate of drug-likeness (QED) is 0.225. The molecule has 11 heteroatoms. The minimum atomic E-state index is -4.92. The van der Waals surface area contributed by atoms with Gasteiger partial charge in [0.05, 0.1) is 12.2 Å². The SMILES string of the molecule is O=C(NCCCF)N[C@](Cc1ccccc1)(c1ccc(F)cc1)c1cc(F)cc(OC(F)(F)C(F)F)c1. The van der Waals surface area contributed by atoms with Crippen LogP contribution in [0.25, 0.3) is 0 Å². The Hall–Kier alpha value is -3.76. The van der Waals surface area contributed by atoms with Crippen molar-refractivity contribution in [3.8, 4) is 5.75 Å². The Bertz CT molecular complexity index is 1180. The van der Waals surface area contributed by atoms with E-state index in [9.17, 15) is 35.5 Å². The fourth-order valence-corrected chi connectivity index (χ4v) is 3.77. The lowest BCUT2D eigenvalue weighted by molar-refractivity contribution is -0.253. The molecule has 4 nitrogen and oxygen atoms in total. The van der Waals surface area contributed by atoms with Crippen molar-refractivity contribution >= 4 is 6.03 Å². The van der Waals surface area contributed by atoms with Crippen molar-refractivity contribution in [1.82, 2.24) is 10.6 Å². The van der Waals surface area contributed by atoms with Crippen LogP contribution in [0.1, 0.15) is 23.1 Å². The van der Waals surface area contributed by atoms with Gasteiger partial charge < -0.3 is 15.4 Å². The first-order chi connectivity index (χ1) is 17.6. The number of hydrogen-bond acceptors (Lipinski definition) is 2. The smallest absolute Gasteiger partial charge is 0.428 e. The molecule has 0 saturated carbocycles. The average Bonchev–Trinajstić information content (AvgIpc) is 2.84. The summed E-state index contributed by atoms with van der Waals surface area (Å²) in [4.78, 5) is 12.9. The van der Waals surface area contributed by atoms with Crippen LogP contribution in [-0.4, -0.2) is 31.8 Å². The lowest BCUT2D eigenvalue weighted by Gasteiger charge is -2.37. The Balaban J connectivity index is 2.20. The van der Waals surface area contributed by atoms with Crippen molar-refractivity contribution in [3.05, 3.63) is 101 Å². The maximum absolute atomic E-state index is 14.7. The summed E-state index contributed by atoms with van der Waals surface area (Å²) >= 11 is 0. The van der Waals surface area contributed by atoms with Gasteiger partial charge >= 0.3 is 18.6 Å². The van der Waals surface area contributed by atoms with Crippen LogP contribution in [-0.2, 0) is 12.0 Å². The zero-order chi connectivity index (χ0) is 27.1. The topological polar surface area (TPSA) is 50.4 Å². The highest BCUT2D eigenvalue weighted by Gasteiger charge is 2.45. The van der Waals surface area contributed by atoms with Crippen LogP contribution in [0.2, 0.25) is 0 Å². The number of hydrogen-bond donors (Lipinski definition) is 2. The van der Waals surface area contributed by atoms with Crippen LogP contribution in [0.15, 0.2) is 72.8 Å². The van der Waals surface area contributed by atoms with Crippen LogP contribution >= 0.6 is 0 Å². The first-order valence-electron chi connectivity index (χ1n) is 11.1. The highest BCUT2D eigenvalue weighted by Crippen LogP contribution is 2.37. The third-order valence-electron chi connectivity index (χ3n) is 5.44. The van der Waals surface area contributed by atoms with E-state index in [0.29, 0.717) is 11.6 Å². The second kappa shape index (κ2) is 12.0. The predicted octanol–water partition coefficient (Wildman–Crippen LogP) is 6.35. The number of urea groups is 1. The summed E-state index contributed by atoms with van der Waals surface area (Å²) in [5.41, 5.74) is -1.06. The largest absolute Gasteiger partial charge is 0.461 e. The van der Waals surface area contributed by atoms with Crippen molar-refractivity contribution < 1.29 is 40.3 Å². The molecule has 0 aliphatic carbocycles. The van der Waals surface area contributed by atoms with Gasteiger partial charge in [-0.1, -0.05) is 42.5 Å². The monoisotopic (exact) mass is 528 g/mol. The van der Waals surface area contributed by atoms with Crippen LogP contribution in [0.5, 0.6) is 5.75 Å². The lowest BCUT2D eigenvalue weighted by Crippen LogP contribution is -2.52. The molecule has 0 aliphatic heterocycles. The third-order valence-corrected chi connectivity index (χ3v) is 5.44. The van der Waals surface area contributed by atoms with Crippen LogP contribution in [0, 0.1) is 11.6 Å². The van der Waals surface area contributed by atoms with Gasteiger partial charge in [-0.05, 0) is 47.4 Å². The maximum Gasteiger partial charge on any atom is 0.461 e. The molecule has 0 bridgehead atoms. The number of alkyl halides is 5. The molecule has 0 spiro atoms. The number of nitrogens with one attached hydrogen (secondary N) is 2. The number of ether oxygens (including phenoxy) is 1. The van der Waals surface area contributed by atoms with Gasteiger partial charge in [-0.2, -0.15) is 17.6 Å². The molecule has 3 rings (SSSR count). The summed E-state index contributed by atoms with van der Waals surface area (Å²) in [7, 11) is 0. The van der Waals surface area contributed by atoms with E-state index in [1.54, 1.807) is 30.3 Å². The molecule has 0 aliphatic rings. The van der Waals surface area contributed by atoms with Crippen LogP contribution in [0.4, 0.5) is 35.5 Å². The van der Waals surface area contributed by atoms with Crippen molar-refractivity contribution in [2.24, 2.45) is 0 Å². The summed E-state index contributed by atoms with van der Waals surface area (Å²) in [6.45, 7) is -0.748. The first kappa shape index (κ1) is 27.8. The summed E-state index contributed by atoms with van der Waals surface area (Å²) in [6.07, 6.45) is -9.19. The molecule has 0 fully saturated rings. The fourth-order valence-electron chi connectivity index (χ4n) is 3.77. The number of carbonyl (C=O) groups excluding carboxylic acids is 1. The minimum absolute atomic E-state index is 0.0102. The molecule has 2 amide bonds. The standard InChI is InChI=1S/C26H23F7N2O2/c27-11-4-12-34-24(36)35-25(16-17-5-2-1-3-6-17,18-7-9-20(28)10-8-18)19-13-21(29)15-22(14-19)37-26(32,33)23(30)31/h1-3,5-10,13-15,23H,4,11-12,16H2,(H2,34,35,36)/t25-/m1/s1. The molecule has 1 atom stereocenters. The van der Waals surface area contributed by atoms with E-state index >= 15 is 0 Å². The van der Waals surface area contributed by atoms with Crippen molar-refractivity contribution in [3.63, 3.8) is 0 Å². The summed E-state index contributed by atoms with van der Waals surface area (Å²) in [5.74, 6) is -2.65. The summed E-state index contributed by atoms with van der Waals surface area (Å²) < 4.78 is 97.9. The van der Waals surface area contributed by atoms with E-state index in [0.717, 1.165) is 24.3 Å².